The maximum atomic E-state index is 13.8. The van der Waals surface area contributed by atoms with Crippen LogP contribution in [0.3, 0.4) is 0 Å². The Balaban J connectivity index is 1.90. The Morgan fingerprint density at radius 2 is 2.14 bits per heavy atom. The van der Waals surface area contributed by atoms with Crippen molar-refractivity contribution < 1.29 is 9.13 Å². The molecule has 3 rings (SSSR count). The van der Waals surface area contributed by atoms with E-state index in [0.29, 0.717) is 6.54 Å². The van der Waals surface area contributed by atoms with Crippen molar-refractivity contribution >= 4 is 16.9 Å². The molecule has 0 amide bonds. The smallest absolute Gasteiger partial charge is 0.165 e. The molecule has 7 heteroatoms. The van der Waals surface area contributed by atoms with Crippen molar-refractivity contribution in [2.24, 2.45) is 7.05 Å². The average Bonchev–Trinajstić information content (AvgIpc) is 2.89. The molecule has 22 heavy (non-hydrogen) atoms. The van der Waals surface area contributed by atoms with Crippen LogP contribution >= 0.6 is 0 Å². The fourth-order valence-electron chi connectivity index (χ4n) is 2.41. The molecule has 0 spiro atoms. The monoisotopic (exact) mass is 301 g/mol. The lowest BCUT2D eigenvalue weighted by Gasteiger charge is -2.19. The number of hydrogen-bond donors (Lipinski definition) is 0. The van der Waals surface area contributed by atoms with Gasteiger partial charge >= 0.3 is 0 Å². The third-order valence-corrected chi connectivity index (χ3v) is 3.51. The van der Waals surface area contributed by atoms with E-state index in [2.05, 4.69) is 15.1 Å². The minimum absolute atomic E-state index is 0.239. The Morgan fingerprint density at radius 3 is 2.86 bits per heavy atom. The normalized spacial score (nSPS) is 10.9. The Hall–Kier alpha value is -2.70. The van der Waals surface area contributed by atoms with Gasteiger partial charge in [0.05, 0.1) is 18.7 Å². The number of methoxy groups -OCH3 is 1. The van der Waals surface area contributed by atoms with Gasteiger partial charge in [0.15, 0.2) is 17.2 Å². The van der Waals surface area contributed by atoms with E-state index < -0.39 is 0 Å². The molecule has 0 N–H and O–H groups in total. The van der Waals surface area contributed by atoms with E-state index in [1.165, 1.54) is 19.5 Å². The summed E-state index contributed by atoms with van der Waals surface area (Å²) < 4.78 is 20.4. The predicted molar refractivity (Wildman–Crippen MR) is 81.4 cm³/mol. The van der Waals surface area contributed by atoms with Crippen molar-refractivity contribution in [3.05, 3.63) is 42.1 Å². The summed E-state index contributed by atoms with van der Waals surface area (Å²) in [4.78, 5) is 10.5. The number of nitrogens with zero attached hydrogens (tertiary/aromatic N) is 5. The molecule has 6 nitrogen and oxygen atoms in total. The van der Waals surface area contributed by atoms with Crippen LogP contribution in [0.15, 0.2) is 30.7 Å². The van der Waals surface area contributed by atoms with Crippen LogP contribution in [-0.2, 0) is 13.6 Å². The molecule has 0 bridgehead atoms. The largest absolute Gasteiger partial charge is 0.494 e. The molecule has 1 aromatic carbocycles. The van der Waals surface area contributed by atoms with Crippen LogP contribution in [0, 0.1) is 5.82 Å². The van der Waals surface area contributed by atoms with Gasteiger partial charge in [-0.1, -0.05) is 6.07 Å². The number of fused-ring (bicyclic) bond motifs is 1. The summed E-state index contributed by atoms with van der Waals surface area (Å²) >= 11 is 0. The number of benzene rings is 1. The van der Waals surface area contributed by atoms with Crippen molar-refractivity contribution in [3.63, 3.8) is 0 Å². The summed E-state index contributed by atoms with van der Waals surface area (Å²) in [5.74, 6) is 0.625. The molecule has 0 saturated carbocycles. The van der Waals surface area contributed by atoms with Gasteiger partial charge in [-0.15, -0.1) is 0 Å². The van der Waals surface area contributed by atoms with Crippen molar-refractivity contribution in [2.75, 3.05) is 19.1 Å². The minimum atomic E-state index is -0.373. The van der Waals surface area contributed by atoms with E-state index in [4.69, 9.17) is 4.74 Å². The van der Waals surface area contributed by atoms with Crippen molar-refractivity contribution in [1.29, 1.82) is 0 Å². The third kappa shape index (κ3) is 2.45. The zero-order chi connectivity index (χ0) is 15.7. The number of ether oxygens (including phenoxy) is 1. The molecule has 3 aromatic rings. The molecule has 114 valence electrons. The summed E-state index contributed by atoms with van der Waals surface area (Å²) in [6.07, 6.45) is 3.24. The van der Waals surface area contributed by atoms with Crippen LogP contribution in [0.25, 0.3) is 11.0 Å². The first-order valence-electron chi connectivity index (χ1n) is 6.76. The first kappa shape index (κ1) is 14.2. The zero-order valence-corrected chi connectivity index (χ0v) is 12.6. The number of aromatic nitrogens is 4. The average molecular weight is 301 g/mol. The first-order valence-corrected chi connectivity index (χ1v) is 6.76. The lowest BCUT2D eigenvalue weighted by Crippen LogP contribution is -2.18. The van der Waals surface area contributed by atoms with Gasteiger partial charge in [-0.25, -0.2) is 14.4 Å². The van der Waals surface area contributed by atoms with E-state index in [0.717, 1.165) is 22.4 Å². The number of aryl methyl sites for hydroxylation is 1. The summed E-state index contributed by atoms with van der Waals surface area (Å²) in [5.41, 5.74) is 1.59. The molecule has 0 atom stereocenters. The quantitative estimate of drug-likeness (QED) is 0.739. The first-order chi connectivity index (χ1) is 10.6. The predicted octanol–water partition coefficient (Wildman–Crippen LogP) is 2.15. The molecule has 0 aliphatic carbocycles. The number of halogens is 1. The van der Waals surface area contributed by atoms with E-state index in [1.807, 2.05) is 25.1 Å². The van der Waals surface area contributed by atoms with Crippen molar-refractivity contribution in [1.82, 2.24) is 19.7 Å². The molecule has 0 aliphatic rings. The Morgan fingerprint density at radius 1 is 1.32 bits per heavy atom. The molecule has 0 unspecified atom stereocenters. The van der Waals surface area contributed by atoms with Gasteiger partial charge in [-0.3, -0.25) is 4.68 Å². The Labute approximate surface area is 127 Å². The lowest BCUT2D eigenvalue weighted by molar-refractivity contribution is 0.386. The van der Waals surface area contributed by atoms with Crippen LogP contribution in [-0.4, -0.2) is 33.9 Å². The number of rotatable bonds is 4. The van der Waals surface area contributed by atoms with Gasteiger partial charge in [-0.05, 0) is 17.7 Å². The highest BCUT2D eigenvalue weighted by Gasteiger charge is 2.13. The second kappa shape index (κ2) is 5.59. The van der Waals surface area contributed by atoms with Crippen molar-refractivity contribution in [3.8, 4) is 5.75 Å². The summed E-state index contributed by atoms with van der Waals surface area (Å²) in [5, 5.41) is 5.06. The van der Waals surface area contributed by atoms with Gasteiger partial charge < -0.3 is 9.64 Å². The number of anilines is 1. The SMILES string of the molecule is COc1ccc(CN(C)c2ncnc3c2cnn3C)cc1F. The standard InChI is InChI=1S/C15H16FN5O/c1-20(8-10-4-5-13(22-3)12(16)6-10)14-11-7-19-21(2)15(11)18-9-17-14/h4-7,9H,8H2,1-3H3. The highest BCUT2D eigenvalue weighted by molar-refractivity contribution is 5.86. The minimum Gasteiger partial charge on any atom is -0.494 e. The third-order valence-electron chi connectivity index (χ3n) is 3.51. The second-order valence-corrected chi connectivity index (χ2v) is 5.03. The molecular weight excluding hydrogens is 285 g/mol. The topological polar surface area (TPSA) is 56.1 Å². The van der Waals surface area contributed by atoms with Crippen LogP contribution < -0.4 is 9.64 Å². The molecule has 2 heterocycles. The van der Waals surface area contributed by atoms with Crippen LogP contribution in [0.2, 0.25) is 0 Å². The van der Waals surface area contributed by atoms with Gasteiger partial charge in [0.2, 0.25) is 0 Å². The maximum Gasteiger partial charge on any atom is 0.165 e. The highest BCUT2D eigenvalue weighted by atomic mass is 19.1. The summed E-state index contributed by atoms with van der Waals surface area (Å²) in [6, 6.07) is 4.93. The number of hydrogen-bond acceptors (Lipinski definition) is 5. The van der Waals surface area contributed by atoms with Gasteiger partial charge in [0, 0.05) is 20.6 Å². The maximum absolute atomic E-state index is 13.8. The van der Waals surface area contributed by atoms with Crippen molar-refractivity contribution in [2.45, 2.75) is 6.54 Å². The molecule has 0 saturated heterocycles. The van der Waals surface area contributed by atoms with E-state index in [1.54, 1.807) is 16.9 Å². The molecule has 0 aliphatic heterocycles. The highest BCUT2D eigenvalue weighted by Crippen LogP contribution is 2.24. The van der Waals surface area contributed by atoms with Crippen LogP contribution in [0.1, 0.15) is 5.56 Å². The molecule has 0 radical (unpaired) electrons. The summed E-state index contributed by atoms with van der Waals surface area (Å²) in [7, 11) is 5.18. The second-order valence-electron chi connectivity index (χ2n) is 5.03. The van der Waals surface area contributed by atoms with Gasteiger partial charge in [-0.2, -0.15) is 5.10 Å². The molecule has 2 aromatic heterocycles. The van der Waals surface area contributed by atoms with Gasteiger partial charge in [0.25, 0.3) is 0 Å². The summed E-state index contributed by atoms with van der Waals surface area (Å²) in [6.45, 7) is 0.516. The fourth-order valence-corrected chi connectivity index (χ4v) is 2.41. The lowest BCUT2D eigenvalue weighted by atomic mass is 10.2. The van der Waals surface area contributed by atoms with E-state index in [9.17, 15) is 4.39 Å². The van der Waals surface area contributed by atoms with E-state index in [-0.39, 0.29) is 11.6 Å². The van der Waals surface area contributed by atoms with Gasteiger partial charge in [0.1, 0.15) is 12.1 Å². The van der Waals surface area contributed by atoms with Crippen LogP contribution in [0.5, 0.6) is 5.75 Å². The molecular formula is C15H16FN5O. The zero-order valence-electron chi connectivity index (χ0n) is 12.6. The van der Waals surface area contributed by atoms with Crippen LogP contribution in [0.4, 0.5) is 10.2 Å². The molecule has 0 fully saturated rings. The Bertz CT molecular complexity index is 817. The van der Waals surface area contributed by atoms with E-state index >= 15 is 0 Å². The Kier molecular flexibility index (Phi) is 3.62. The fraction of sp³-hybridized carbons (Fsp3) is 0.267.